The van der Waals surface area contributed by atoms with Crippen molar-refractivity contribution in [2.45, 2.75) is 57.0 Å². The van der Waals surface area contributed by atoms with Crippen LogP contribution in [0.1, 0.15) is 56.6 Å². The maximum absolute atomic E-state index is 5.71. The van der Waals surface area contributed by atoms with Gasteiger partial charge in [0.05, 0.1) is 6.10 Å². The Morgan fingerprint density at radius 1 is 1.16 bits per heavy atom. The zero-order chi connectivity index (χ0) is 12.9. The molecule has 0 aromatic carbocycles. The second-order valence-electron chi connectivity index (χ2n) is 5.66. The Bertz CT molecular complexity index is 398. The third-order valence-corrected chi connectivity index (χ3v) is 4.21. The number of anilines is 1. The van der Waals surface area contributed by atoms with Gasteiger partial charge in [-0.3, -0.25) is 0 Å². The summed E-state index contributed by atoms with van der Waals surface area (Å²) in [6.07, 6.45) is 11.1. The second kappa shape index (κ2) is 6.33. The Morgan fingerprint density at radius 3 is 2.79 bits per heavy atom. The summed E-state index contributed by atoms with van der Waals surface area (Å²) in [5, 5.41) is 3.33. The number of ether oxygens (including phenoxy) is 1. The lowest BCUT2D eigenvalue weighted by atomic mass is 10.0. The van der Waals surface area contributed by atoms with E-state index in [1.165, 1.54) is 44.2 Å². The molecule has 1 aliphatic carbocycles. The van der Waals surface area contributed by atoms with Crippen molar-refractivity contribution in [3.8, 4) is 0 Å². The van der Waals surface area contributed by atoms with E-state index in [0.29, 0.717) is 12.0 Å². The standard InChI is InChI=1S/C15H23N3O/c1-2-6-12(5-1)14-8-9-16-15(18-14)17-11-13-7-3-4-10-19-13/h8-9,12-13H,1-7,10-11H2,(H,16,17,18). The van der Waals surface area contributed by atoms with E-state index in [1.807, 2.05) is 6.20 Å². The molecule has 19 heavy (non-hydrogen) atoms. The van der Waals surface area contributed by atoms with E-state index >= 15 is 0 Å². The second-order valence-corrected chi connectivity index (χ2v) is 5.66. The van der Waals surface area contributed by atoms with E-state index in [1.54, 1.807) is 0 Å². The highest BCUT2D eigenvalue weighted by atomic mass is 16.5. The van der Waals surface area contributed by atoms with Gasteiger partial charge in [0.2, 0.25) is 5.95 Å². The number of nitrogens with one attached hydrogen (secondary N) is 1. The number of hydrogen-bond donors (Lipinski definition) is 1. The van der Waals surface area contributed by atoms with Crippen molar-refractivity contribution >= 4 is 5.95 Å². The molecule has 1 saturated heterocycles. The van der Waals surface area contributed by atoms with Crippen LogP contribution in [0.4, 0.5) is 5.95 Å². The van der Waals surface area contributed by atoms with Crippen LogP contribution < -0.4 is 5.32 Å². The Balaban J connectivity index is 1.56. The third kappa shape index (κ3) is 3.44. The fourth-order valence-electron chi connectivity index (χ4n) is 3.08. The summed E-state index contributed by atoms with van der Waals surface area (Å²) >= 11 is 0. The smallest absolute Gasteiger partial charge is 0.222 e. The average molecular weight is 261 g/mol. The lowest BCUT2D eigenvalue weighted by Gasteiger charge is -2.22. The topological polar surface area (TPSA) is 47.0 Å². The summed E-state index contributed by atoms with van der Waals surface area (Å²) in [5.74, 6) is 1.41. The molecule has 0 spiro atoms. The Labute approximate surface area is 115 Å². The van der Waals surface area contributed by atoms with Gasteiger partial charge in [0.1, 0.15) is 0 Å². The van der Waals surface area contributed by atoms with Gasteiger partial charge < -0.3 is 10.1 Å². The number of aromatic nitrogens is 2. The van der Waals surface area contributed by atoms with Crippen molar-refractivity contribution in [3.05, 3.63) is 18.0 Å². The first-order chi connectivity index (χ1) is 9.42. The van der Waals surface area contributed by atoms with E-state index in [4.69, 9.17) is 4.74 Å². The number of hydrogen-bond acceptors (Lipinski definition) is 4. The summed E-state index contributed by atoms with van der Waals surface area (Å²) in [7, 11) is 0. The van der Waals surface area contributed by atoms with Crippen molar-refractivity contribution in [2.75, 3.05) is 18.5 Å². The Kier molecular flexibility index (Phi) is 4.28. The van der Waals surface area contributed by atoms with Gasteiger partial charge in [-0.25, -0.2) is 9.97 Å². The van der Waals surface area contributed by atoms with Gasteiger partial charge in [-0.15, -0.1) is 0 Å². The zero-order valence-corrected chi connectivity index (χ0v) is 11.5. The van der Waals surface area contributed by atoms with E-state index < -0.39 is 0 Å². The molecule has 0 bridgehead atoms. The van der Waals surface area contributed by atoms with Crippen LogP contribution in [0.3, 0.4) is 0 Å². The lowest BCUT2D eigenvalue weighted by Crippen LogP contribution is -2.27. The fraction of sp³-hybridized carbons (Fsp3) is 0.733. The largest absolute Gasteiger partial charge is 0.376 e. The molecule has 104 valence electrons. The van der Waals surface area contributed by atoms with Gasteiger partial charge >= 0.3 is 0 Å². The molecule has 4 nitrogen and oxygen atoms in total. The van der Waals surface area contributed by atoms with E-state index in [-0.39, 0.29) is 0 Å². The van der Waals surface area contributed by atoms with Crippen LogP contribution in [-0.2, 0) is 4.74 Å². The summed E-state index contributed by atoms with van der Waals surface area (Å²) in [6, 6.07) is 2.07. The fourth-order valence-corrected chi connectivity index (χ4v) is 3.08. The lowest BCUT2D eigenvalue weighted by molar-refractivity contribution is 0.0246. The van der Waals surface area contributed by atoms with Crippen molar-refractivity contribution < 1.29 is 4.74 Å². The highest BCUT2D eigenvalue weighted by Crippen LogP contribution is 2.32. The summed E-state index contributed by atoms with van der Waals surface area (Å²) in [6.45, 7) is 1.73. The molecule has 2 heterocycles. The van der Waals surface area contributed by atoms with E-state index in [0.717, 1.165) is 25.5 Å². The maximum Gasteiger partial charge on any atom is 0.222 e. The first-order valence-corrected chi connectivity index (χ1v) is 7.60. The van der Waals surface area contributed by atoms with Crippen molar-refractivity contribution in [2.24, 2.45) is 0 Å². The molecule has 1 aromatic heterocycles. The molecule has 2 aliphatic rings. The molecule has 0 amide bonds. The summed E-state index contributed by atoms with van der Waals surface area (Å²) in [4.78, 5) is 8.98. The van der Waals surface area contributed by atoms with Gasteiger partial charge in [0, 0.05) is 31.0 Å². The molecule has 0 radical (unpaired) electrons. The summed E-state index contributed by atoms with van der Waals surface area (Å²) < 4.78 is 5.71. The normalized spacial score (nSPS) is 24.5. The van der Waals surface area contributed by atoms with E-state index in [2.05, 4.69) is 21.4 Å². The minimum atomic E-state index is 0.326. The minimum Gasteiger partial charge on any atom is -0.376 e. The molecule has 1 aromatic rings. The number of nitrogens with zero attached hydrogens (tertiary/aromatic N) is 2. The van der Waals surface area contributed by atoms with Gasteiger partial charge in [0.25, 0.3) is 0 Å². The minimum absolute atomic E-state index is 0.326. The molecule has 4 heteroatoms. The Morgan fingerprint density at radius 2 is 2.00 bits per heavy atom. The molecular formula is C15H23N3O. The van der Waals surface area contributed by atoms with E-state index in [9.17, 15) is 0 Å². The van der Waals surface area contributed by atoms with Crippen LogP contribution in [0.2, 0.25) is 0 Å². The van der Waals surface area contributed by atoms with Crippen LogP contribution >= 0.6 is 0 Å². The van der Waals surface area contributed by atoms with Crippen LogP contribution in [0.15, 0.2) is 12.3 Å². The first kappa shape index (κ1) is 12.9. The maximum atomic E-state index is 5.71. The van der Waals surface area contributed by atoms with Crippen LogP contribution in [-0.4, -0.2) is 29.2 Å². The highest BCUT2D eigenvalue weighted by molar-refractivity contribution is 5.26. The van der Waals surface area contributed by atoms with Crippen molar-refractivity contribution in [3.63, 3.8) is 0 Å². The van der Waals surface area contributed by atoms with Crippen LogP contribution in [0.5, 0.6) is 0 Å². The monoisotopic (exact) mass is 261 g/mol. The molecule has 1 atom stereocenters. The van der Waals surface area contributed by atoms with Crippen LogP contribution in [0, 0.1) is 0 Å². The quantitative estimate of drug-likeness (QED) is 0.904. The highest BCUT2D eigenvalue weighted by Gasteiger charge is 2.19. The van der Waals surface area contributed by atoms with Gasteiger partial charge in [-0.2, -0.15) is 0 Å². The molecular weight excluding hydrogens is 238 g/mol. The molecule has 1 aliphatic heterocycles. The van der Waals surface area contributed by atoms with Gasteiger partial charge in [0.15, 0.2) is 0 Å². The van der Waals surface area contributed by atoms with Crippen LogP contribution in [0.25, 0.3) is 0 Å². The molecule has 1 unspecified atom stereocenters. The third-order valence-electron chi connectivity index (χ3n) is 4.21. The SMILES string of the molecule is c1cc(C2CCCC2)nc(NCC2CCCCO2)n1. The number of rotatable bonds is 4. The van der Waals surface area contributed by atoms with Crippen molar-refractivity contribution in [1.82, 2.24) is 9.97 Å². The average Bonchev–Trinajstić information content (AvgIpc) is 3.01. The van der Waals surface area contributed by atoms with Gasteiger partial charge in [-0.05, 0) is 38.2 Å². The van der Waals surface area contributed by atoms with Gasteiger partial charge in [-0.1, -0.05) is 12.8 Å². The first-order valence-electron chi connectivity index (χ1n) is 7.60. The van der Waals surface area contributed by atoms with Crippen molar-refractivity contribution in [1.29, 1.82) is 0 Å². The molecule has 2 fully saturated rings. The molecule has 3 rings (SSSR count). The predicted molar refractivity (Wildman–Crippen MR) is 75.3 cm³/mol. The summed E-state index contributed by atoms with van der Waals surface area (Å²) in [5.41, 5.74) is 1.21. The predicted octanol–water partition coefficient (Wildman–Crippen LogP) is 3.12. The Hall–Kier alpha value is -1.16. The molecule has 1 N–H and O–H groups in total. The zero-order valence-electron chi connectivity index (χ0n) is 11.5. The molecule has 1 saturated carbocycles.